The Bertz CT molecular complexity index is 723. The number of benzene rings is 1. The van der Waals surface area contributed by atoms with Crippen molar-refractivity contribution in [2.24, 2.45) is 5.92 Å². The van der Waals surface area contributed by atoms with Crippen LogP contribution in [0.4, 0.5) is 0 Å². The smallest absolute Gasteiger partial charge is 0.224 e. The molecule has 1 unspecified atom stereocenters. The largest absolute Gasteiger partial charge is 0.374 e. The summed E-state index contributed by atoms with van der Waals surface area (Å²) < 4.78 is 5.81. The topological polar surface area (TPSA) is 57.4 Å². The molecule has 136 valence electrons. The number of fused-ring (bicyclic) bond motifs is 1. The van der Waals surface area contributed by atoms with Crippen molar-refractivity contribution in [3.05, 3.63) is 35.5 Å². The monoisotopic (exact) mass is 343 g/mol. The summed E-state index contributed by atoms with van der Waals surface area (Å²) in [5.74, 6) is 0.704. The second-order valence-corrected chi connectivity index (χ2v) is 7.40. The average Bonchev–Trinajstić information content (AvgIpc) is 2.88. The highest BCUT2D eigenvalue weighted by atomic mass is 16.5. The highest BCUT2D eigenvalue weighted by Crippen LogP contribution is 2.22. The van der Waals surface area contributed by atoms with Crippen molar-refractivity contribution >= 4 is 16.8 Å². The van der Waals surface area contributed by atoms with Gasteiger partial charge in [-0.05, 0) is 24.5 Å². The molecule has 0 bridgehead atoms. The number of hydrogen-bond donors (Lipinski definition) is 2. The molecule has 1 saturated heterocycles. The zero-order valence-corrected chi connectivity index (χ0v) is 15.5. The predicted molar refractivity (Wildman–Crippen MR) is 101 cm³/mol. The highest BCUT2D eigenvalue weighted by Gasteiger charge is 2.21. The molecule has 5 heteroatoms. The van der Waals surface area contributed by atoms with Crippen LogP contribution in [0.3, 0.4) is 0 Å². The van der Waals surface area contributed by atoms with Crippen LogP contribution in [0.1, 0.15) is 25.1 Å². The van der Waals surface area contributed by atoms with Crippen molar-refractivity contribution in [2.75, 3.05) is 32.8 Å². The third-order valence-corrected chi connectivity index (χ3v) is 4.74. The van der Waals surface area contributed by atoms with Gasteiger partial charge in [-0.25, -0.2) is 0 Å². The molecule has 2 N–H and O–H groups in total. The molecule has 1 aromatic carbocycles. The molecule has 2 aromatic rings. The van der Waals surface area contributed by atoms with E-state index in [0.29, 0.717) is 18.9 Å². The third kappa shape index (κ3) is 4.61. The summed E-state index contributed by atoms with van der Waals surface area (Å²) in [5, 5.41) is 4.18. The molecule has 0 aliphatic carbocycles. The summed E-state index contributed by atoms with van der Waals surface area (Å²) in [4.78, 5) is 18.2. The van der Waals surface area contributed by atoms with Crippen molar-refractivity contribution in [3.8, 4) is 0 Å². The van der Waals surface area contributed by atoms with Gasteiger partial charge in [0.05, 0.1) is 19.1 Å². The van der Waals surface area contributed by atoms with Crippen LogP contribution < -0.4 is 5.32 Å². The van der Waals surface area contributed by atoms with E-state index in [1.54, 1.807) is 0 Å². The molecule has 0 spiro atoms. The van der Waals surface area contributed by atoms with E-state index < -0.39 is 0 Å². The zero-order valence-electron chi connectivity index (χ0n) is 15.5. The molecule has 1 atom stereocenters. The quantitative estimate of drug-likeness (QED) is 0.847. The Balaban J connectivity index is 1.53. The minimum Gasteiger partial charge on any atom is -0.374 e. The number of aryl methyl sites for hydroxylation is 1. The molecule has 0 saturated carbocycles. The van der Waals surface area contributed by atoms with Gasteiger partial charge < -0.3 is 15.0 Å². The number of H-pyrrole nitrogens is 1. The first-order valence-electron chi connectivity index (χ1n) is 9.19. The number of rotatable bonds is 6. The molecule has 1 aliphatic heterocycles. The molecule has 2 heterocycles. The Morgan fingerprint density at radius 3 is 3.00 bits per heavy atom. The van der Waals surface area contributed by atoms with Gasteiger partial charge >= 0.3 is 0 Å². The van der Waals surface area contributed by atoms with Gasteiger partial charge in [0, 0.05) is 42.8 Å². The van der Waals surface area contributed by atoms with Gasteiger partial charge in [-0.2, -0.15) is 0 Å². The van der Waals surface area contributed by atoms with Crippen molar-refractivity contribution in [2.45, 2.75) is 33.3 Å². The first-order valence-corrected chi connectivity index (χ1v) is 9.19. The van der Waals surface area contributed by atoms with E-state index in [1.807, 2.05) is 25.1 Å². The van der Waals surface area contributed by atoms with Crippen LogP contribution in [0.2, 0.25) is 0 Å². The Labute approximate surface area is 149 Å². The van der Waals surface area contributed by atoms with Crippen LogP contribution in [0.15, 0.2) is 24.3 Å². The lowest BCUT2D eigenvalue weighted by Crippen LogP contribution is -2.48. The maximum atomic E-state index is 12.4. The number of ether oxygens (including phenoxy) is 1. The van der Waals surface area contributed by atoms with Gasteiger partial charge in [0.15, 0.2) is 0 Å². The van der Waals surface area contributed by atoms with Gasteiger partial charge in [-0.1, -0.05) is 32.0 Å². The molecule has 25 heavy (non-hydrogen) atoms. The minimum absolute atomic E-state index is 0.0532. The number of aromatic nitrogens is 1. The summed E-state index contributed by atoms with van der Waals surface area (Å²) in [5.41, 5.74) is 3.23. The van der Waals surface area contributed by atoms with E-state index in [1.165, 1.54) is 0 Å². The number of nitrogens with zero attached hydrogens (tertiary/aromatic N) is 1. The van der Waals surface area contributed by atoms with Gasteiger partial charge in [-0.15, -0.1) is 0 Å². The SMILES string of the molecule is Cc1[nH]c2ccccc2c1CC(=O)NCC1CN(CC(C)C)CCO1. The standard InChI is InChI=1S/C20H29N3O2/c1-14(2)12-23-8-9-25-16(13-23)11-21-20(24)10-18-15(3)22-19-7-5-4-6-17(18)19/h4-7,14,16,22H,8-13H2,1-3H3,(H,21,24). The molecular weight excluding hydrogens is 314 g/mol. The van der Waals surface area contributed by atoms with Crippen LogP contribution >= 0.6 is 0 Å². The van der Waals surface area contributed by atoms with Crippen molar-refractivity contribution < 1.29 is 9.53 Å². The van der Waals surface area contributed by atoms with Gasteiger partial charge in [0.25, 0.3) is 0 Å². The fraction of sp³-hybridized carbons (Fsp3) is 0.550. The van der Waals surface area contributed by atoms with Gasteiger partial charge in [-0.3, -0.25) is 9.69 Å². The fourth-order valence-corrected chi connectivity index (χ4v) is 3.60. The molecule has 0 radical (unpaired) electrons. The number of hydrogen-bond acceptors (Lipinski definition) is 3. The molecular formula is C20H29N3O2. The second-order valence-electron chi connectivity index (χ2n) is 7.40. The summed E-state index contributed by atoms with van der Waals surface area (Å²) in [6, 6.07) is 8.13. The van der Waals surface area contributed by atoms with Crippen LogP contribution in [-0.2, 0) is 16.0 Å². The second kappa shape index (κ2) is 8.02. The fourth-order valence-electron chi connectivity index (χ4n) is 3.60. The number of carbonyl (C=O) groups excluding carboxylic acids is 1. The number of aromatic amines is 1. The molecule has 1 fully saturated rings. The number of para-hydroxylation sites is 1. The highest BCUT2D eigenvalue weighted by molar-refractivity contribution is 5.90. The molecule has 1 aromatic heterocycles. The van der Waals surface area contributed by atoms with E-state index in [0.717, 1.165) is 48.4 Å². The Morgan fingerprint density at radius 1 is 1.40 bits per heavy atom. The lowest BCUT2D eigenvalue weighted by Gasteiger charge is -2.33. The first kappa shape index (κ1) is 18.0. The Kier molecular flexibility index (Phi) is 5.76. The van der Waals surface area contributed by atoms with Crippen molar-refractivity contribution in [1.82, 2.24) is 15.2 Å². The normalized spacial score (nSPS) is 18.8. The minimum atomic E-state index is 0.0532. The average molecular weight is 343 g/mol. The first-order chi connectivity index (χ1) is 12.0. The number of morpholine rings is 1. The zero-order chi connectivity index (χ0) is 17.8. The lowest BCUT2D eigenvalue weighted by molar-refractivity contribution is -0.121. The summed E-state index contributed by atoms with van der Waals surface area (Å²) >= 11 is 0. The van der Waals surface area contributed by atoms with E-state index in [4.69, 9.17) is 4.74 Å². The van der Waals surface area contributed by atoms with Crippen LogP contribution in [-0.4, -0.2) is 54.7 Å². The third-order valence-electron chi connectivity index (χ3n) is 4.74. The van der Waals surface area contributed by atoms with E-state index in [9.17, 15) is 4.79 Å². The van der Waals surface area contributed by atoms with Gasteiger partial charge in [0.2, 0.25) is 5.91 Å². The van der Waals surface area contributed by atoms with Crippen LogP contribution in [0.5, 0.6) is 0 Å². The maximum Gasteiger partial charge on any atom is 0.224 e. The molecule has 5 nitrogen and oxygen atoms in total. The molecule has 1 aliphatic rings. The number of amides is 1. The van der Waals surface area contributed by atoms with Gasteiger partial charge in [0.1, 0.15) is 0 Å². The summed E-state index contributed by atoms with van der Waals surface area (Å²) in [6.45, 7) is 10.8. The number of carbonyl (C=O) groups is 1. The predicted octanol–water partition coefficient (Wildman–Crippen LogP) is 2.49. The van der Waals surface area contributed by atoms with E-state index in [-0.39, 0.29) is 12.0 Å². The lowest BCUT2D eigenvalue weighted by atomic mass is 10.1. The van der Waals surface area contributed by atoms with Crippen LogP contribution in [0.25, 0.3) is 10.9 Å². The van der Waals surface area contributed by atoms with Crippen molar-refractivity contribution in [3.63, 3.8) is 0 Å². The van der Waals surface area contributed by atoms with Crippen LogP contribution in [0, 0.1) is 12.8 Å². The molecule has 1 amide bonds. The number of nitrogens with one attached hydrogen (secondary N) is 2. The van der Waals surface area contributed by atoms with Crippen molar-refractivity contribution in [1.29, 1.82) is 0 Å². The summed E-state index contributed by atoms with van der Waals surface area (Å²) in [6.07, 6.45) is 0.485. The Hall–Kier alpha value is -1.85. The Morgan fingerprint density at radius 2 is 2.20 bits per heavy atom. The van der Waals surface area contributed by atoms with E-state index in [2.05, 4.69) is 35.1 Å². The van der Waals surface area contributed by atoms with E-state index >= 15 is 0 Å². The maximum absolute atomic E-state index is 12.4. The summed E-state index contributed by atoms with van der Waals surface area (Å²) in [7, 11) is 0. The molecule has 3 rings (SSSR count).